The fourth-order valence-corrected chi connectivity index (χ4v) is 3.26. The first-order valence-corrected chi connectivity index (χ1v) is 8.29. The summed E-state index contributed by atoms with van der Waals surface area (Å²) in [4.78, 5) is 17.2. The lowest BCUT2D eigenvalue weighted by Crippen LogP contribution is -2.04. The van der Waals surface area contributed by atoms with Crippen LogP contribution >= 0.6 is 0 Å². The Hall–Kier alpha value is -3.87. The molecule has 0 aliphatic carbocycles. The van der Waals surface area contributed by atoms with E-state index in [1.807, 2.05) is 28.8 Å². The van der Waals surface area contributed by atoms with Gasteiger partial charge in [-0.3, -0.25) is 4.40 Å². The van der Waals surface area contributed by atoms with Crippen molar-refractivity contribution in [3.63, 3.8) is 0 Å². The third-order valence-electron chi connectivity index (χ3n) is 4.44. The summed E-state index contributed by atoms with van der Waals surface area (Å²) in [7, 11) is 0. The van der Waals surface area contributed by atoms with Gasteiger partial charge in [-0.15, -0.1) is 0 Å². The number of hydrogen-bond acceptors (Lipinski definition) is 5. The maximum Gasteiger partial charge on any atom is 0.180 e. The summed E-state index contributed by atoms with van der Waals surface area (Å²) in [6.45, 7) is 0. The topological polar surface area (TPSA) is 82.0 Å². The van der Waals surface area contributed by atoms with Crippen LogP contribution in [-0.4, -0.2) is 24.3 Å². The van der Waals surface area contributed by atoms with Gasteiger partial charge in [-0.1, -0.05) is 18.2 Å². The molecule has 3 aromatic heterocycles. The molecular formula is C20H13FN6. The van der Waals surface area contributed by atoms with E-state index < -0.39 is 0 Å². The van der Waals surface area contributed by atoms with Gasteiger partial charge in [-0.25, -0.2) is 24.3 Å². The molecule has 0 aliphatic heterocycles. The summed E-state index contributed by atoms with van der Waals surface area (Å²) in [6.07, 6.45) is 6.75. The molecule has 0 fully saturated rings. The fourth-order valence-electron chi connectivity index (χ4n) is 3.26. The van der Waals surface area contributed by atoms with Gasteiger partial charge in [0, 0.05) is 35.1 Å². The second-order valence-electron chi connectivity index (χ2n) is 6.12. The third-order valence-corrected chi connectivity index (χ3v) is 4.44. The highest BCUT2D eigenvalue weighted by Gasteiger charge is 2.17. The normalized spacial score (nSPS) is 11.3. The number of nitrogens with zero attached hydrogens (tertiary/aromatic N) is 5. The molecule has 0 bridgehead atoms. The van der Waals surface area contributed by atoms with Crippen molar-refractivity contribution >= 4 is 22.4 Å². The lowest BCUT2D eigenvalue weighted by Gasteiger charge is -2.14. The quantitative estimate of drug-likeness (QED) is 0.521. The van der Waals surface area contributed by atoms with Crippen molar-refractivity contribution in [3.05, 3.63) is 73.2 Å². The van der Waals surface area contributed by atoms with Crippen LogP contribution in [0.15, 0.2) is 67.4 Å². The summed E-state index contributed by atoms with van der Waals surface area (Å²) in [6, 6.07) is 12.1. The average Bonchev–Trinajstić information content (AvgIpc) is 3.18. The van der Waals surface area contributed by atoms with E-state index >= 15 is 0 Å². The first-order chi connectivity index (χ1) is 13.2. The van der Waals surface area contributed by atoms with Crippen LogP contribution in [0, 0.1) is 5.82 Å². The number of aromatic nitrogens is 5. The minimum atomic E-state index is -0.337. The molecule has 0 saturated carbocycles. The van der Waals surface area contributed by atoms with Crippen LogP contribution in [0.3, 0.4) is 0 Å². The minimum absolute atomic E-state index is 0.284. The summed E-state index contributed by atoms with van der Waals surface area (Å²) in [5.74, 6) is -0.0522. The molecule has 27 heavy (non-hydrogen) atoms. The van der Waals surface area contributed by atoms with Crippen molar-refractivity contribution in [2.24, 2.45) is 0 Å². The third kappa shape index (κ3) is 2.48. The van der Waals surface area contributed by atoms with Crippen LogP contribution < -0.4 is 5.73 Å². The second kappa shape index (κ2) is 5.84. The average molecular weight is 356 g/mol. The number of anilines is 1. The van der Waals surface area contributed by atoms with Crippen molar-refractivity contribution in [2.75, 3.05) is 5.73 Å². The molecular weight excluding hydrogens is 343 g/mol. The zero-order valence-corrected chi connectivity index (χ0v) is 14.0. The molecule has 0 saturated heterocycles. The lowest BCUT2D eigenvalue weighted by molar-refractivity contribution is 0.628. The zero-order chi connectivity index (χ0) is 18.4. The van der Waals surface area contributed by atoms with Crippen molar-refractivity contribution in [1.29, 1.82) is 0 Å². The fraction of sp³-hybridized carbons (Fsp3) is 0. The summed E-state index contributed by atoms with van der Waals surface area (Å²) >= 11 is 0. The van der Waals surface area contributed by atoms with Gasteiger partial charge in [0.2, 0.25) is 0 Å². The van der Waals surface area contributed by atoms with Gasteiger partial charge in [0.25, 0.3) is 0 Å². The van der Waals surface area contributed by atoms with Gasteiger partial charge in [0.15, 0.2) is 11.5 Å². The second-order valence-corrected chi connectivity index (χ2v) is 6.12. The maximum absolute atomic E-state index is 13.9. The highest BCUT2D eigenvalue weighted by Crippen LogP contribution is 2.34. The van der Waals surface area contributed by atoms with E-state index in [4.69, 9.17) is 5.73 Å². The smallest absolute Gasteiger partial charge is 0.180 e. The summed E-state index contributed by atoms with van der Waals surface area (Å²) < 4.78 is 15.7. The van der Waals surface area contributed by atoms with E-state index in [9.17, 15) is 4.39 Å². The number of nitrogen functional groups attached to an aromatic ring is 1. The molecule has 0 spiro atoms. The largest absolute Gasteiger partial charge is 0.381 e. The molecule has 7 heteroatoms. The van der Waals surface area contributed by atoms with E-state index in [-0.39, 0.29) is 11.6 Å². The molecule has 5 aromatic rings. The predicted octanol–water partition coefficient (Wildman–Crippen LogP) is 3.73. The Balaban J connectivity index is 1.87. The van der Waals surface area contributed by atoms with Crippen molar-refractivity contribution in [1.82, 2.24) is 24.3 Å². The first kappa shape index (κ1) is 15.4. The Bertz CT molecular complexity index is 1310. The Labute approximate surface area is 153 Å². The number of rotatable bonds is 2. The van der Waals surface area contributed by atoms with Gasteiger partial charge < -0.3 is 5.73 Å². The molecule has 0 aliphatic rings. The van der Waals surface area contributed by atoms with E-state index in [1.165, 1.54) is 18.5 Å². The summed E-state index contributed by atoms with van der Waals surface area (Å²) in [5.41, 5.74) is 10.4. The first-order valence-electron chi connectivity index (χ1n) is 8.29. The summed E-state index contributed by atoms with van der Waals surface area (Å²) in [5, 5.41) is 0.894. The van der Waals surface area contributed by atoms with Gasteiger partial charge in [0.05, 0.1) is 16.9 Å². The number of nitrogens with two attached hydrogens (primary N) is 1. The number of imidazole rings is 1. The highest BCUT2D eigenvalue weighted by atomic mass is 19.1. The lowest BCUT2D eigenvalue weighted by atomic mass is 10.0. The Kier molecular flexibility index (Phi) is 3.33. The molecule has 3 heterocycles. The van der Waals surface area contributed by atoms with Gasteiger partial charge in [-0.2, -0.15) is 0 Å². The molecule has 0 unspecified atom stereocenters. The van der Waals surface area contributed by atoms with E-state index in [0.29, 0.717) is 16.9 Å². The minimum Gasteiger partial charge on any atom is -0.381 e. The number of hydrogen-bond donors (Lipinski definition) is 1. The van der Waals surface area contributed by atoms with Crippen LogP contribution in [-0.2, 0) is 0 Å². The molecule has 5 rings (SSSR count). The molecule has 2 aromatic carbocycles. The van der Waals surface area contributed by atoms with Crippen molar-refractivity contribution in [3.8, 4) is 22.5 Å². The Morgan fingerprint density at radius 3 is 2.81 bits per heavy atom. The Morgan fingerprint density at radius 2 is 1.93 bits per heavy atom. The monoisotopic (exact) mass is 356 g/mol. The van der Waals surface area contributed by atoms with Gasteiger partial charge in [0.1, 0.15) is 12.1 Å². The van der Waals surface area contributed by atoms with E-state index in [0.717, 1.165) is 22.2 Å². The van der Waals surface area contributed by atoms with E-state index in [2.05, 4.69) is 19.9 Å². The van der Waals surface area contributed by atoms with Crippen LogP contribution in [0.4, 0.5) is 10.2 Å². The molecule has 0 amide bonds. The maximum atomic E-state index is 13.9. The number of fused-ring (bicyclic) bond motifs is 2. The predicted molar refractivity (Wildman–Crippen MR) is 101 cm³/mol. The molecule has 0 radical (unpaired) electrons. The SMILES string of the molecule is Nc1nc(-c2cccc(F)c2)c(-c2ccc3ncncc3c2)n2ccnc12. The van der Waals surface area contributed by atoms with Crippen molar-refractivity contribution < 1.29 is 4.39 Å². The number of benzene rings is 2. The zero-order valence-electron chi connectivity index (χ0n) is 14.0. The standard InChI is InChI=1S/C20H13FN6/c21-15-3-1-2-12(9-15)17-18(27-7-6-24-20(27)19(22)26-17)13-4-5-16-14(8-13)10-23-11-25-16/h1-11H,(H2,22,26). The molecule has 2 N–H and O–H groups in total. The van der Waals surface area contributed by atoms with Crippen LogP contribution in [0.25, 0.3) is 39.1 Å². The molecule has 6 nitrogen and oxygen atoms in total. The van der Waals surface area contributed by atoms with Crippen LogP contribution in [0.5, 0.6) is 0 Å². The van der Waals surface area contributed by atoms with Crippen LogP contribution in [0.1, 0.15) is 0 Å². The molecule has 130 valence electrons. The van der Waals surface area contributed by atoms with Gasteiger partial charge >= 0.3 is 0 Å². The highest BCUT2D eigenvalue weighted by molar-refractivity contribution is 5.88. The Morgan fingerprint density at radius 1 is 1.00 bits per heavy atom. The molecule has 0 atom stereocenters. The number of halogens is 1. The van der Waals surface area contributed by atoms with E-state index in [1.54, 1.807) is 24.5 Å². The van der Waals surface area contributed by atoms with Gasteiger partial charge in [-0.05, 0) is 24.3 Å². The van der Waals surface area contributed by atoms with Crippen LogP contribution in [0.2, 0.25) is 0 Å². The van der Waals surface area contributed by atoms with Crippen molar-refractivity contribution in [2.45, 2.75) is 0 Å².